The molecule has 0 saturated heterocycles. The van der Waals surface area contributed by atoms with E-state index < -0.39 is 12.0 Å². The summed E-state index contributed by atoms with van der Waals surface area (Å²) in [6.07, 6.45) is -1.48. The highest BCUT2D eigenvalue weighted by molar-refractivity contribution is 6.37. The van der Waals surface area contributed by atoms with Gasteiger partial charge in [0, 0.05) is 0 Å². The topological polar surface area (TPSA) is 65.8 Å². The Kier molecular flexibility index (Phi) is 3.56. The first-order valence-corrected chi connectivity index (χ1v) is 6.15. The maximum absolute atomic E-state index is 13.4. The van der Waals surface area contributed by atoms with E-state index in [9.17, 15) is 9.18 Å². The number of rotatable bonds is 2. The van der Waals surface area contributed by atoms with E-state index >= 15 is 0 Å². The Bertz CT molecular complexity index is 693. The molecule has 5 nitrogen and oxygen atoms in total. The molecule has 1 aromatic heterocycles. The lowest BCUT2D eigenvalue weighted by atomic mass is 10.3. The van der Waals surface area contributed by atoms with Crippen molar-refractivity contribution in [2.45, 2.75) is 20.1 Å². The zero-order chi connectivity index (χ0) is 14.3. The van der Waals surface area contributed by atoms with Crippen molar-refractivity contribution in [2.75, 3.05) is 5.73 Å². The van der Waals surface area contributed by atoms with Gasteiger partial charge in [-0.15, -0.1) is 0 Å². The molecule has 1 heterocycles. The number of nitrogen functional groups attached to an aromatic ring is 1. The number of nitrogens with zero attached hydrogens (tertiary/aromatic N) is 3. The Hall–Kier alpha value is -1.53. The molecule has 2 N–H and O–H groups in total. The van der Waals surface area contributed by atoms with Gasteiger partial charge in [-0.05, 0) is 26.0 Å². The Morgan fingerprint density at radius 1 is 1.37 bits per heavy atom. The third kappa shape index (κ3) is 2.33. The summed E-state index contributed by atoms with van der Waals surface area (Å²) in [6, 6.07) is 2.83. The van der Waals surface area contributed by atoms with Crippen LogP contribution in [0.15, 0.2) is 16.9 Å². The molecule has 102 valence electrons. The number of aryl methyl sites for hydroxylation is 1. The highest BCUT2D eigenvalue weighted by atomic mass is 35.5. The molecule has 0 spiro atoms. The van der Waals surface area contributed by atoms with E-state index in [4.69, 9.17) is 28.9 Å². The van der Waals surface area contributed by atoms with Gasteiger partial charge in [0.15, 0.2) is 6.30 Å². The summed E-state index contributed by atoms with van der Waals surface area (Å²) in [5.41, 5.74) is 5.56. The molecule has 0 bridgehead atoms. The lowest BCUT2D eigenvalue weighted by Crippen LogP contribution is -2.25. The predicted octanol–water partition coefficient (Wildman–Crippen LogP) is 2.72. The second-order valence-corrected chi connectivity index (χ2v) is 4.83. The Morgan fingerprint density at radius 3 is 2.53 bits per heavy atom. The number of alkyl halides is 1. The second kappa shape index (κ2) is 4.86. The average Bonchev–Trinajstić information content (AvgIpc) is 2.59. The van der Waals surface area contributed by atoms with Gasteiger partial charge < -0.3 is 5.73 Å². The van der Waals surface area contributed by atoms with Crippen LogP contribution in [0.25, 0.3) is 5.69 Å². The highest BCUT2D eigenvalue weighted by Gasteiger charge is 2.18. The highest BCUT2D eigenvalue weighted by Crippen LogP contribution is 2.28. The molecule has 2 aromatic rings. The van der Waals surface area contributed by atoms with E-state index in [-0.39, 0.29) is 27.2 Å². The van der Waals surface area contributed by atoms with Crippen LogP contribution in [0.3, 0.4) is 0 Å². The van der Waals surface area contributed by atoms with Crippen LogP contribution in [0.5, 0.6) is 0 Å². The van der Waals surface area contributed by atoms with Crippen molar-refractivity contribution in [1.82, 2.24) is 14.3 Å². The molecule has 0 fully saturated rings. The number of hydrogen-bond acceptors (Lipinski definition) is 3. The lowest BCUT2D eigenvalue weighted by molar-refractivity contribution is 0.257. The zero-order valence-corrected chi connectivity index (χ0v) is 11.7. The van der Waals surface area contributed by atoms with Gasteiger partial charge in [0.2, 0.25) is 0 Å². The maximum atomic E-state index is 13.4. The quantitative estimate of drug-likeness (QED) is 0.868. The number of hydrogen-bond donors (Lipinski definition) is 1. The number of halogens is 3. The molecule has 0 saturated carbocycles. The predicted molar refractivity (Wildman–Crippen MR) is 72.8 cm³/mol. The molecule has 1 aromatic carbocycles. The molecular formula is C11H11Cl2FN4O. The molecule has 0 radical (unpaired) electrons. The molecule has 0 aliphatic carbocycles. The summed E-state index contributed by atoms with van der Waals surface area (Å²) in [5.74, 6) is 0.240. The number of nitrogens with two attached hydrogens (primary N) is 1. The fourth-order valence-electron chi connectivity index (χ4n) is 1.76. The van der Waals surface area contributed by atoms with Crippen molar-refractivity contribution in [3.8, 4) is 5.69 Å². The number of aromatic nitrogens is 3. The Balaban J connectivity index is 2.70. The van der Waals surface area contributed by atoms with E-state index in [1.807, 2.05) is 0 Å². The first-order chi connectivity index (χ1) is 8.82. The van der Waals surface area contributed by atoms with Crippen LogP contribution >= 0.6 is 23.2 Å². The Morgan fingerprint density at radius 2 is 2.00 bits per heavy atom. The van der Waals surface area contributed by atoms with Crippen LogP contribution in [0.1, 0.15) is 19.0 Å². The van der Waals surface area contributed by atoms with Crippen molar-refractivity contribution in [3.05, 3.63) is 38.5 Å². The largest absolute Gasteiger partial charge is 0.397 e. The summed E-state index contributed by atoms with van der Waals surface area (Å²) in [6.45, 7) is 2.78. The van der Waals surface area contributed by atoms with Gasteiger partial charge >= 0.3 is 5.69 Å². The van der Waals surface area contributed by atoms with Gasteiger partial charge in [-0.25, -0.2) is 13.8 Å². The van der Waals surface area contributed by atoms with Gasteiger partial charge in [0.05, 0.1) is 21.4 Å². The zero-order valence-electron chi connectivity index (χ0n) is 10.2. The molecule has 1 atom stereocenters. The smallest absolute Gasteiger partial charge is 0.353 e. The van der Waals surface area contributed by atoms with Crippen LogP contribution in [0.4, 0.5) is 10.1 Å². The minimum Gasteiger partial charge on any atom is -0.397 e. The van der Waals surface area contributed by atoms with Gasteiger partial charge in [-0.1, -0.05) is 23.2 Å². The third-order valence-corrected chi connectivity index (χ3v) is 3.26. The van der Waals surface area contributed by atoms with Gasteiger partial charge in [-0.2, -0.15) is 9.78 Å². The standard InChI is InChI=1S/C11H11Cl2FN4O/c1-5(14)17-6(2)16-18(11(17)19)10-4-9(15)7(12)3-8(10)13/h3-5H,15H2,1-2H3. The van der Waals surface area contributed by atoms with Crippen molar-refractivity contribution in [2.24, 2.45) is 0 Å². The second-order valence-electron chi connectivity index (χ2n) is 4.01. The first-order valence-electron chi connectivity index (χ1n) is 5.40. The van der Waals surface area contributed by atoms with E-state index in [2.05, 4.69) is 5.10 Å². The fraction of sp³-hybridized carbons (Fsp3) is 0.273. The minimum absolute atomic E-state index is 0.206. The molecule has 2 rings (SSSR count). The van der Waals surface area contributed by atoms with Crippen molar-refractivity contribution in [1.29, 1.82) is 0 Å². The van der Waals surface area contributed by atoms with Gasteiger partial charge in [0.1, 0.15) is 5.82 Å². The monoisotopic (exact) mass is 304 g/mol. The van der Waals surface area contributed by atoms with E-state index in [0.717, 1.165) is 9.25 Å². The third-order valence-electron chi connectivity index (χ3n) is 2.63. The molecule has 8 heteroatoms. The fourth-order valence-corrected chi connectivity index (χ4v) is 2.22. The van der Waals surface area contributed by atoms with Gasteiger partial charge in [-0.3, -0.25) is 0 Å². The summed E-state index contributed by atoms with van der Waals surface area (Å²) < 4.78 is 15.3. The van der Waals surface area contributed by atoms with Crippen molar-refractivity contribution >= 4 is 28.9 Å². The summed E-state index contributed by atoms with van der Waals surface area (Å²) in [7, 11) is 0. The molecule has 0 aliphatic heterocycles. The van der Waals surface area contributed by atoms with Crippen molar-refractivity contribution < 1.29 is 4.39 Å². The van der Waals surface area contributed by atoms with Crippen LogP contribution in [0.2, 0.25) is 10.0 Å². The number of benzene rings is 1. The van der Waals surface area contributed by atoms with E-state index in [1.54, 1.807) is 0 Å². The summed E-state index contributed by atoms with van der Waals surface area (Å²) in [4.78, 5) is 12.1. The van der Waals surface area contributed by atoms with Crippen molar-refractivity contribution in [3.63, 3.8) is 0 Å². The minimum atomic E-state index is -1.48. The van der Waals surface area contributed by atoms with E-state index in [1.165, 1.54) is 26.0 Å². The van der Waals surface area contributed by atoms with Crippen LogP contribution in [0, 0.1) is 6.92 Å². The molecule has 0 amide bonds. The maximum Gasteiger partial charge on any atom is 0.353 e. The molecule has 0 aliphatic rings. The van der Waals surface area contributed by atoms with E-state index in [0.29, 0.717) is 0 Å². The Labute approximate surface area is 118 Å². The van der Waals surface area contributed by atoms with Crippen LogP contribution in [-0.4, -0.2) is 14.3 Å². The normalized spacial score (nSPS) is 12.7. The average molecular weight is 305 g/mol. The number of anilines is 1. The van der Waals surface area contributed by atoms with Gasteiger partial charge in [0.25, 0.3) is 0 Å². The van der Waals surface area contributed by atoms with Crippen LogP contribution < -0.4 is 11.4 Å². The molecule has 1 unspecified atom stereocenters. The van der Waals surface area contributed by atoms with Crippen LogP contribution in [-0.2, 0) is 0 Å². The lowest BCUT2D eigenvalue weighted by Gasteiger charge is -2.06. The summed E-state index contributed by atoms with van der Waals surface area (Å²) in [5, 5.41) is 4.46. The summed E-state index contributed by atoms with van der Waals surface area (Å²) >= 11 is 11.8. The molecule has 19 heavy (non-hydrogen) atoms. The first kappa shape index (κ1) is 13.9. The SMILES string of the molecule is Cc1nn(-c2cc(N)c(Cl)cc2Cl)c(=O)n1C(C)F. The molecular weight excluding hydrogens is 294 g/mol.